The second-order valence-electron chi connectivity index (χ2n) is 9.05. The summed E-state index contributed by atoms with van der Waals surface area (Å²) in [7, 11) is 1.47. The summed E-state index contributed by atoms with van der Waals surface area (Å²) in [4.78, 5) is 53.5. The first-order valence-corrected chi connectivity index (χ1v) is 11.7. The molecule has 0 saturated carbocycles. The van der Waals surface area contributed by atoms with Gasteiger partial charge in [0.1, 0.15) is 11.6 Å². The van der Waals surface area contributed by atoms with Gasteiger partial charge in [0.25, 0.3) is 0 Å². The zero-order chi connectivity index (χ0) is 25.2. The maximum atomic E-state index is 14.9. The van der Waals surface area contributed by atoms with Crippen LogP contribution >= 0.6 is 0 Å². The Hall–Kier alpha value is -3.40. The summed E-state index contributed by atoms with van der Waals surface area (Å²) in [6, 6.07) is 5.88. The Balaban J connectivity index is 1.54. The standard InChI is InChI=1S/C25H30FN5O4/c1-17-16-27-18(2)23(28-17)30-10-8-29(9-11-30)21(32)14-25(19-6-4-5-7-20(19)26)15-22(33)31(24(25)34)12-13-35-3/h4-7,16H,8-15H2,1-3H3. The minimum atomic E-state index is -1.57. The molecule has 0 N–H and O–H groups in total. The van der Waals surface area contributed by atoms with Crippen molar-refractivity contribution in [2.45, 2.75) is 32.1 Å². The van der Waals surface area contributed by atoms with Gasteiger partial charge in [0.15, 0.2) is 0 Å². The Labute approximate surface area is 203 Å². The molecule has 35 heavy (non-hydrogen) atoms. The molecular weight excluding hydrogens is 453 g/mol. The highest BCUT2D eigenvalue weighted by molar-refractivity contribution is 6.10. The highest BCUT2D eigenvalue weighted by atomic mass is 19.1. The number of imide groups is 1. The second-order valence-corrected chi connectivity index (χ2v) is 9.05. The first-order valence-electron chi connectivity index (χ1n) is 11.7. The Kier molecular flexibility index (Phi) is 7.11. The third-order valence-corrected chi connectivity index (χ3v) is 6.75. The van der Waals surface area contributed by atoms with Crippen LogP contribution in [0.2, 0.25) is 0 Å². The van der Waals surface area contributed by atoms with Gasteiger partial charge in [0, 0.05) is 57.9 Å². The van der Waals surface area contributed by atoms with Crippen LogP contribution in [0.5, 0.6) is 0 Å². The molecule has 3 heterocycles. The van der Waals surface area contributed by atoms with Gasteiger partial charge in [-0.25, -0.2) is 9.37 Å². The van der Waals surface area contributed by atoms with Crippen LogP contribution in [0.25, 0.3) is 0 Å². The molecular formula is C25H30FN5O4. The molecule has 2 saturated heterocycles. The number of halogens is 1. The van der Waals surface area contributed by atoms with E-state index in [-0.39, 0.29) is 37.5 Å². The number of carbonyl (C=O) groups excluding carboxylic acids is 3. The van der Waals surface area contributed by atoms with E-state index in [9.17, 15) is 18.8 Å². The summed E-state index contributed by atoms with van der Waals surface area (Å²) < 4.78 is 19.9. The van der Waals surface area contributed by atoms with Crippen molar-refractivity contribution in [3.63, 3.8) is 0 Å². The van der Waals surface area contributed by atoms with E-state index in [0.29, 0.717) is 26.2 Å². The fourth-order valence-corrected chi connectivity index (χ4v) is 4.86. The molecule has 2 aliphatic rings. The minimum absolute atomic E-state index is 0.0636. The Morgan fingerprint density at radius 2 is 1.86 bits per heavy atom. The average molecular weight is 484 g/mol. The highest BCUT2D eigenvalue weighted by Crippen LogP contribution is 2.41. The second kappa shape index (κ2) is 10.1. The van der Waals surface area contributed by atoms with Crippen LogP contribution in [0, 0.1) is 19.7 Å². The van der Waals surface area contributed by atoms with Crippen LogP contribution in [0.3, 0.4) is 0 Å². The van der Waals surface area contributed by atoms with E-state index in [4.69, 9.17) is 4.74 Å². The number of likely N-dealkylation sites (tertiary alicyclic amines) is 1. The van der Waals surface area contributed by atoms with Gasteiger partial charge in [-0.05, 0) is 19.9 Å². The van der Waals surface area contributed by atoms with Crippen molar-refractivity contribution in [3.05, 3.63) is 53.2 Å². The zero-order valence-corrected chi connectivity index (χ0v) is 20.3. The fourth-order valence-electron chi connectivity index (χ4n) is 4.86. The number of aryl methyl sites for hydroxylation is 2. The van der Waals surface area contributed by atoms with E-state index in [1.54, 1.807) is 17.2 Å². The number of nitrogens with zero attached hydrogens (tertiary/aromatic N) is 5. The molecule has 1 aromatic carbocycles. The number of hydrogen-bond donors (Lipinski definition) is 0. The molecule has 0 bridgehead atoms. The van der Waals surface area contributed by atoms with Crippen molar-refractivity contribution in [2.24, 2.45) is 0 Å². The van der Waals surface area contributed by atoms with Crippen molar-refractivity contribution < 1.29 is 23.5 Å². The number of rotatable bonds is 7. The molecule has 0 spiro atoms. The van der Waals surface area contributed by atoms with Crippen LogP contribution in [-0.4, -0.2) is 83.9 Å². The van der Waals surface area contributed by atoms with Gasteiger partial charge in [0.2, 0.25) is 17.7 Å². The molecule has 1 aromatic heterocycles. The van der Waals surface area contributed by atoms with E-state index >= 15 is 0 Å². The predicted molar refractivity (Wildman–Crippen MR) is 126 cm³/mol. The molecule has 4 rings (SSSR count). The predicted octanol–water partition coefficient (Wildman–Crippen LogP) is 1.61. The summed E-state index contributed by atoms with van der Waals surface area (Å²) in [6.45, 7) is 5.99. The smallest absolute Gasteiger partial charge is 0.241 e. The first kappa shape index (κ1) is 24.7. The van der Waals surface area contributed by atoms with Crippen LogP contribution in [0.1, 0.15) is 29.8 Å². The summed E-state index contributed by atoms with van der Waals surface area (Å²) in [5.41, 5.74) is 0.151. The van der Waals surface area contributed by atoms with Crippen molar-refractivity contribution in [2.75, 3.05) is 51.3 Å². The third-order valence-electron chi connectivity index (χ3n) is 6.75. The number of benzene rings is 1. The number of piperazine rings is 1. The number of anilines is 1. The zero-order valence-electron chi connectivity index (χ0n) is 20.3. The molecule has 10 heteroatoms. The number of aromatic nitrogens is 2. The maximum absolute atomic E-state index is 14.9. The van der Waals surface area contributed by atoms with Gasteiger partial charge < -0.3 is 14.5 Å². The van der Waals surface area contributed by atoms with Gasteiger partial charge in [-0.3, -0.25) is 24.3 Å². The van der Waals surface area contributed by atoms with Gasteiger partial charge in [-0.2, -0.15) is 0 Å². The molecule has 0 aliphatic carbocycles. The molecule has 9 nitrogen and oxygen atoms in total. The van der Waals surface area contributed by atoms with Gasteiger partial charge in [-0.1, -0.05) is 18.2 Å². The van der Waals surface area contributed by atoms with E-state index in [1.807, 2.05) is 13.8 Å². The molecule has 1 unspecified atom stereocenters. The lowest BCUT2D eigenvalue weighted by molar-refractivity contribution is -0.143. The third kappa shape index (κ3) is 4.75. The van der Waals surface area contributed by atoms with Crippen LogP contribution in [0.15, 0.2) is 30.5 Å². The number of carbonyl (C=O) groups is 3. The Bertz CT molecular complexity index is 1130. The topological polar surface area (TPSA) is 95.9 Å². The molecule has 186 valence electrons. The normalized spacial score (nSPS) is 20.6. The Morgan fingerprint density at radius 1 is 1.14 bits per heavy atom. The quantitative estimate of drug-likeness (QED) is 0.552. The first-order chi connectivity index (χ1) is 16.8. The monoisotopic (exact) mass is 483 g/mol. The van der Waals surface area contributed by atoms with E-state index in [1.165, 1.54) is 25.3 Å². The number of amides is 3. The van der Waals surface area contributed by atoms with Gasteiger partial charge in [-0.15, -0.1) is 0 Å². The van der Waals surface area contributed by atoms with Crippen molar-refractivity contribution >= 4 is 23.5 Å². The molecule has 0 radical (unpaired) electrons. The van der Waals surface area contributed by atoms with Crippen LogP contribution in [-0.2, 0) is 24.5 Å². The number of methoxy groups -OCH3 is 1. The van der Waals surface area contributed by atoms with Crippen LogP contribution < -0.4 is 4.90 Å². The maximum Gasteiger partial charge on any atom is 0.241 e. The lowest BCUT2D eigenvalue weighted by Gasteiger charge is -2.37. The van der Waals surface area contributed by atoms with E-state index in [2.05, 4.69) is 14.9 Å². The van der Waals surface area contributed by atoms with Gasteiger partial charge in [0.05, 0.1) is 30.0 Å². The minimum Gasteiger partial charge on any atom is -0.383 e. The van der Waals surface area contributed by atoms with Crippen molar-refractivity contribution in [3.8, 4) is 0 Å². The number of hydrogen-bond acceptors (Lipinski definition) is 7. The van der Waals surface area contributed by atoms with E-state index < -0.39 is 23.0 Å². The van der Waals surface area contributed by atoms with E-state index in [0.717, 1.165) is 22.1 Å². The lowest BCUT2D eigenvalue weighted by Crippen LogP contribution is -2.51. The summed E-state index contributed by atoms with van der Waals surface area (Å²) in [6.07, 6.45) is 1.20. The van der Waals surface area contributed by atoms with Crippen molar-refractivity contribution in [1.82, 2.24) is 19.8 Å². The lowest BCUT2D eigenvalue weighted by atomic mass is 9.75. The number of ether oxygens (including phenoxy) is 1. The average Bonchev–Trinajstić information content (AvgIpc) is 3.08. The molecule has 2 fully saturated rings. The van der Waals surface area contributed by atoms with Crippen molar-refractivity contribution in [1.29, 1.82) is 0 Å². The summed E-state index contributed by atoms with van der Waals surface area (Å²) >= 11 is 0. The Morgan fingerprint density at radius 3 is 2.54 bits per heavy atom. The summed E-state index contributed by atoms with van der Waals surface area (Å²) in [5, 5.41) is 0. The highest BCUT2D eigenvalue weighted by Gasteiger charge is 2.55. The van der Waals surface area contributed by atoms with Gasteiger partial charge >= 0.3 is 0 Å². The van der Waals surface area contributed by atoms with Crippen LogP contribution in [0.4, 0.5) is 10.2 Å². The molecule has 2 aromatic rings. The molecule has 2 aliphatic heterocycles. The SMILES string of the molecule is COCCN1C(=O)CC(CC(=O)N2CCN(c3nc(C)cnc3C)CC2)(c2ccccc2F)C1=O. The molecule has 3 amide bonds. The largest absolute Gasteiger partial charge is 0.383 e. The summed E-state index contributed by atoms with van der Waals surface area (Å²) in [5.74, 6) is -1.07. The fraction of sp³-hybridized carbons (Fsp3) is 0.480. The molecule has 1 atom stereocenters.